The quantitative estimate of drug-likeness (QED) is 0.661. The first-order chi connectivity index (χ1) is 15.8. The lowest BCUT2D eigenvalue weighted by atomic mass is 9.96. The minimum absolute atomic E-state index is 0.0260. The predicted octanol–water partition coefficient (Wildman–Crippen LogP) is 1.78. The number of hydrogen-bond acceptors (Lipinski definition) is 7. The molecule has 0 aliphatic carbocycles. The molecule has 3 fully saturated rings. The molecule has 1 aromatic heterocycles. The van der Waals surface area contributed by atoms with Gasteiger partial charge in [-0.2, -0.15) is 4.31 Å². The monoisotopic (exact) mass is 477 g/mol. The van der Waals surface area contributed by atoms with E-state index in [9.17, 15) is 13.2 Å². The maximum absolute atomic E-state index is 13.4. The van der Waals surface area contributed by atoms with Gasteiger partial charge in [-0.3, -0.25) is 4.79 Å². The number of benzene rings is 1. The van der Waals surface area contributed by atoms with Crippen LogP contribution in [0.2, 0.25) is 0 Å². The van der Waals surface area contributed by atoms with E-state index in [1.165, 1.54) is 4.31 Å². The number of carbonyl (C=O) groups excluding carboxylic acids is 1. The Bertz CT molecular complexity index is 1130. The van der Waals surface area contributed by atoms with Gasteiger partial charge in [0.05, 0.1) is 29.5 Å². The van der Waals surface area contributed by atoms with Crippen LogP contribution in [0.4, 0.5) is 0 Å². The fraction of sp³-hybridized carbons (Fsp3) is 0.682. The predicted molar refractivity (Wildman–Crippen MR) is 120 cm³/mol. The fourth-order valence-corrected chi connectivity index (χ4v) is 6.63. The molecule has 0 N–H and O–H groups in total. The highest BCUT2D eigenvalue weighted by Gasteiger charge is 2.42. The summed E-state index contributed by atoms with van der Waals surface area (Å²) in [6.07, 6.45) is 2.67. The highest BCUT2D eigenvalue weighted by atomic mass is 32.2. The number of amides is 1. The number of rotatable bonds is 4. The number of nitrogens with zero attached hydrogens (tertiary/aromatic N) is 5. The average molecular weight is 478 g/mol. The van der Waals surface area contributed by atoms with E-state index in [1.54, 1.807) is 22.9 Å². The summed E-state index contributed by atoms with van der Waals surface area (Å²) in [5.41, 5.74) is 1.35. The number of sulfonamides is 1. The number of aromatic nitrogens is 3. The number of ether oxygens (including phenoxy) is 2. The van der Waals surface area contributed by atoms with Crippen molar-refractivity contribution in [1.82, 2.24) is 24.2 Å². The van der Waals surface area contributed by atoms with E-state index in [-0.39, 0.29) is 29.3 Å². The molecule has 5 rings (SSSR count). The van der Waals surface area contributed by atoms with Crippen molar-refractivity contribution >= 4 is 27.0 Å². The molecule has 1 aromatic carbocycles. The molecule has 2 aromatic rings. The second kappa shape index (κ2) is 8.61. The van der Waals surface area contributed by atoms with E-state index in [4.69, 9.17) is 9.47 Å². The summed E-state index contributed by atoms with van der Waals surface area (Å²) in [5.74, 6) is -0.842. The first kappa shape index (κ1) is 22.7. The summed E-state index contributed by atoms with van der Waals surface area (Å²) in [7, 11) is -3.73. The largest absolute Gasteiger partial charge is 0.347 e. The van der Waals surface area contributed by atoms with Crippen LogP contribution in [0, 0.1) is 5.92 Å². The molecule has 0 bridgehead atoms. The first-order valence-corrected chi connectivity index (χ1v) is 13.1. The second-order valence-electron chi connectivity index (χ2n) is 9.41. The van der Waals surface area contributed by atoms with Gasteiger partial charge in [0, 0.05) is 45.1 Å². The molecule has 0 unspecified atom stereocenters. The van der Waals surface area contributed by atoms with E-state index in [1.807, 2.05) is 18.7 Å². The molecule has 3 aliphatic rings. The molecular formula is C22H31N5O5S. The molecule has 3 aliphatic heterocycles. The van der Waals surface area contributed by atoms with Crippen LogP contribution in [0.25, 0.3) is 11.0 Å². The number of fused-ring (bicyclic) bond motifs is 1. The van der Waals surface area contributed by atoms with Crippen LogP contribution < -0.4 is 0 Å². The van der Waals surface area contributed by atoms with Gasteiger partial charge in [-0.1, -0.05) is 5.21 Å². The Kier molecular flexibility index (Phi) is 5.92. The Balaban J connectivity index is 1.29. The molecule has 180 valence electrons. The van der Waals surface area contributed by atoms with Crippen molar-refractivity contribution in [3.63, 3.8) is 0 Å². The van der Waals surface area contributed by atoms with Crippen molar-refractivity contribution in [1.29, 1.82) is 0 Å². The first-order valence-electron chi connectivity index (χ1n) is 11.7. The van der Waals surface area contributed by atoms with Crippen molar-refractivity contribution in [2.75, 3.05) is 39.4 Å². The van der Waals surface area contributed by atoms with Crippen molar-refractivity contribution < 1.29 is 22.7 Å². The van der Waals surface area contributed by atoms with Crippen LogP contribution in [0.15, 0.2) is 23.1 Å². The summed E-state index contributed by atoms with van der Waals surface area (Å²) < 4.78 is 41.5. The van der Waals surface area contributed by atoms with Crippen molar-refractivity contribution in [3.8, 4) is 0 Å². The Morgan fingerprint density at radius 1 is 1.15 bits per heavy atom. The topological polar surface area (TPSA) is 107 Å². The lowest BCUT2D eigenvalue weighted by Crippen LogP contribution is -2.51. The van der Waals surface area contributed by atoms with E-state index < -0.39 is 15.8 Å². The molecule has 33 heavy (non-hydrogen) atoms. The molecule has 1 atom stereocenters. The smallest absolute Gasteiger partial charge is 0.243 e. The molecule has 3 saturated heterocycles. The zero-order chi connectivity index (χ0) is 23.2. The van der Waals surface area contributed by atoms with Gasteiger partial charge in [0.2, 0.25) is 15.9 Å². The van der Waals surface area contributed by atoms with Crippen LogP contribution in [0.1, 0.15) is 45.6 Å². The van der Waals surface area contributed by atoms with Gasteiger partial charge < -0.3 is 14.4 Å². The molecule has 4 heterocycles. The van der Waals surface area contributed by atoms with Crippen LogP contribution in [0.5, 0.6) is 0 Å². The lowest BCUT2D eigenvalue weighted by Gasteiger charge is -2.40. The minimum Gasteiger partial charge on any atom is -0.347 e. The molecule has 1 spiro atoms. The summed E-state index contributed by atoms with van der Waals surface area (Å²) in [6.45, 7) is 6.96. The molecule has 0 saturated carbocycles. The molecule has 1 amide bonds. The van der Waals surface area contributed by atoms with E-state index in [2.05, 4.69) is 10.3 Å². The van der Waals surface area contributed by atoms with Gasteiger partial charge in [-0.15, -0.1) is 5.10 Å². The zero-order valence-corrected chi connectivity index (χ0v) is 20.0. The number of likely N-dealkylation sites (tertiary alicyclic amines) is 1. The maximum Gasteiger partial charge on any atom is 0.243 e. The standard InChI is InChI=1S/C22H31N5O5S/c1-16(2)27-20-6-5-18(14-19(20)23-24-27)33(29,30)26-9-3-4-17(15-26)21(28)25-10-7-22(8-11-25)31-12-13-32-22/h5-6,14,16-17H,3-4,7-13,15H2,1-2H3/t17-/m0/s1. The molecule has 10 nitrogen and oxygen atoms in total. The lowest BCUT2D eigenvalue weighted by molar-refractivity contribution is -0.188. The maximum atomic E-state index is 13.4. The number of carbonyl (C=O) groups is 1. The van der Waals surface area contributed by atoms with E-state index in [0.717, 1.165) is 5.52 Å². The number of hydrogen-bond donors (Lipinski definition) is 0. The van der Waals surface area contributed by atoms with Gasteiger partial charge in [0.15, 0.2) is 5.79 Å². The van der Waals surface area contributed by atoms with Crippen LogP contribution in [-0.4, -0.2) is 83.7 Å². The Morgan fingerprint density at radius 2 is 1.88 bits per heavy atom. The van der Waals surface area contributed by atoms with Gasteiger partial charge >= 0.3 is 0 Å². The third kappa shape index (κ3) is 4.16. The van der Waals surface area contributed by atoms with Gasteiger partial charge in [-0.25, -0.2) is 13.1 Å². The van der Waals surface area contributed by atoms with Crippen LogP contribution in [0.3, 0.4) is 0 Å². The summed E-state index contributed by atoms with van der Waals surface area (Å²) >= 11 is 0. The van der Waals surface area contributed by atoms with Gasteiger partial charge in [-0.05, 0) is 44.9 Å². The summed E-state index contributed by atoms with van der Waals surface area (Å²) in [5, 5.41) is 8.28. The van der Waals surface area contributed by atoms with Gasteiger partial charge in [0.1, 0.15) is 5.52 Å². The minimum atomic E-state index is -3.73. The highest BCUT2D eigenvalue weighted by molar-refractivity contribution is 7.89. The highest BCUT2D eigenvalue weighted by Crippen LogP contribution is 2.33. The van der Waals surface area contributed by atoms with Crippen molar-refractivity contribution in [2.45, 2.75) is 56.3 Å². The third-order valence-electron chi connectivity index (χ3n) is 6.95. The van der Waals surface area contributed by atoms with Crippen LogP contribution >= 0.6 is 0 Å². The van der Waals surface area contributed by atoms with Crippen LogP contribution in [-0.2, 0) is 24.3 Å². The van der Waals surface area contributed by atoms with Crippen molar-refractivity contribution in [2.24, 2.45) is 5.92 Å². The zero-order valence-electron chi connectivity index (χ0n) is 19.1. The van der Waals surface area contributed by atoms with Crippen molar-refractivity contribution in [3.05, 3.63) is 18.2 Å². The van der Waals surface area contributed by atoms with Gasteiger partial charge in [0.25, 0.3) is 0 Å². The fourth-order valence-electron chi connectivity index (χ4n) is 5.09. The molecule has 0 radical (unpaired) electrons. The summed E-state index contributed by atoms with van der Waals surface area (Å²) in [4.78, 5) is 15.2. The Labute approximate surface area is 193 Å². The SMILES string of the molecule is CC(C)n1nnc2cc(S(=O)(=O)N3CCC[C@H](C(=O)N4CCC5(CC4)OCCO5)C3)ccc21. The normalized spacial score (nSPS) is 24.2. The second-order valence-corrected chi connectivity index (χ2v) is 11.4. The number of piperidine rings is 2. The molecular weight excluding hydrogens is 446 g/mol. The Morgan fingerprint density at radius 3 is 2.58 bits per heavy atom. The van der Waals surface area contributed by atoms with E-state index in [0.29, 0.717) is 64.0 Å². The van der Waals surface area contributed by atoms with E-state index >= 15 is 0 Å². The molecule has 11 heteroatoms. The summed E-state index contributed by atoms with van der Waals surface area (Å²) in [6, 6.07) is 5.07. The Hall–Kier alpha value is -2.08. The third-order valence-corrected chi connectivity index (χ3v) is 8.81. The average Bonchev–Trinajstić information content (AvgIpc) is 3.46.